The average Bonchev–Trinajstić information content (AvgIpc) is 2.46. The zero-order valence-electron chi connectivity index (χ0n) is 11.2. The van der Waals surface area contributed by atoms with Crippen LogP contribution in [0.4, 0.5) is 4.39 Å². The third-order valence-corrected chi connectivity index (χ3v) is 3.26. The maximum Gasteiger partial charge on any atom is 0.223 e. The number of aliphatic hydroxyl groups is 1. The summed E-state index contributed by atoms with van der Waals surface area (Å²) in [6.07, 6.45) is -0.952. The summed E-state index contributed by atoms with van der Waals surface area (Å²) in [5.74, 6) is -0.648. The van der Waals surface area contributed by atoms with Crippen LogP contribution < -0.4 is 5.32 Å². The van der Waals surface area contributed by atoms with E-state index in [9.17, 15) is 14.3 Å². The van der Waals surface area contributed by atoms with Crippen molar-refractivity contribution in [2.24, 2.45) is 0 Å². The molecule has 0 fully saturated rings. The molecule has 0 heterocycles. The van der Waals surface area contributed by atoms with Crippen LogP contribution >= 0.6 is 11.6 Å². The van der Waals surface area contributed by atoms with Gasteiger partial charge in [0.15, 0.2) is 0 Å². The number of carbonyl (C=O) groups is 1. The molecular formula is C16H15ClFNO2. The Kier molecular flexibility index (Phi) is 5.31. The molecule has 0 aliphatic heterocycles. The van der Waals surface area contributed by atoms with E-state index in [0.717, 1.165) is 0 Å². The largest absolute Gasteiger partial charge is 0.388 e. The summed E-state index contributed by atoms with van der Waals surface area (Å²) in [5, 5.41) is 13.2. The molecular weight excluding hydrogens is 293 g/mol. The summed E-state index contributed by atoms with van der Waals surface area (Å²) in [5.41, 5.74) is 1.30. The van der Waals surface area contributed by atoms with E-state index in [-0.39, 0.29) is 24.7 Å². The van der Waals surface area contributed by atoms with E-state index in [2.05, 4.69) is 5.32 Å². The highest BCUT2D eigenvalue weighted by Gasteiger charge is 2.12. The Labute approximate surface area is 127 Å². The molecule has 21 heavy (non-hydrogen) atoms. The lowest BCUT2D eigenvalue weighted by molar-refractivity contribution is -0.123. The van der Waals surface area contributed by atoms with Crippen LogP contribution in [0.25, 0.3) is 0 Å². The Bertz CT molecular complexity index is 616. The normalized spacial score (nSPS) is 12.0. The Morgan fingerprint density at radius 1 is 1.24 bits per heavy atom. The Hall–Kier alpha value is -1.91. The first kappa shape index (κ1) is 15.5. The fourth-order valence-corrected chi connectivity index (χ4v) is 2.02. The molecule has 0 saturated heterocycles. The zero-order chi connectivity index (χ0) is 15.2. The van der Waals surface area contributed by atoms with Gasteiger partial charge in [-0.25, -0.2) is 4.39 Å². The smallest absolute Gasteiger partial charge is 0.223 e. The maximum atomic E-state index is 13.0. The predicted molar refractivity (Wildman–Crippen MR) is 79.3 cm³/mol. The van der Waals surface area contributed by atoms with E-state index >= 15 is 0 Å². The number of aliphatic hydroxyl groups excluding tert-OH is 1. The molecule has 0 aliphatic rings. The van der Waals surface area contributed by atoms with Crippen LogP contribution in [-0.4, -0.2) is 11.0 Å². The topological polar surface area (TPSA) is 49.3 Å². The number of carbonyl (C=O) groups excluding carboxylic acids is 1. The van der Waals surface area contributed by atoms with E-state index in [1.807, 2.05) is 0 Å². The number of nitrogens with one attached hydrogen (secondary N) is 1. The molecule has 0 spiro atoms. The van der Waals surface area contributed by atoms with Crippen molar-refractivity contribution in [1.29, 1.82) is 0 Å². The maximum absolute atomic E-state index is 13.0. The van der Waals surface area contributed by atoms with Gasteiger partial charge in [0.05, 0.1) is 12.5 Å². The van der Waals surface area contributed by atoms with Crippen LogP contribution in [0, 0.1) is 5.82 Å². The van der Waals surface area contributed by atoms with Crippen molar-refractivity contribution in [2.75, 3.05) is 0 Å². The molecule has 2 aromatic rings. The molecule has 0 radical (unpaired) electrons. The standard InChI is InChI=1S/C16H15ClFNO2/c17-13-6-4-12(5-7-13)15(20)9-16(21)19-10-11-2-1-3-14(18)8-11/h1-8,15,20H,9-10H2,(H,19,21). The molecule has 1 unspecified atom stereocenters. The van der Waals surface area contributed by atoms with Crippen LogP contribution in [0.2, 0.25) is 5.02 Å². The Morgan fingerprint density at radius 3 is 2.62 bits per heavy atom. The molecule has 2 rings (SSSR count). The van der Waals surface area contributed by atoms with Crippen molar-refractivity contribution in [3.8, 4) is 0 Å². The Morgan fingerprint density at radius 2 is 1.95 bits per heavy atom. The van der Waals surface area contributed by atoms with Gasteiger partial charge in [0.2, 0.25) is 5.91 Å². The molecule has 3 nitrogen and oxygen atoms in total. The summed E-state index contributed by atoms with van der Waals surface area (Å²) in [6, 6.07) is 12.7. The van der Waals surface area contributed by atoms with Crippen molar-refractivity contribution in [3.63, 3.8) is 0 Å². The van der Waals surface area contributed by atoms with Gasteiger partial charge in [-0.1, -0.05) is 35.9 Å². The zero-order valence-corrected chi connectivity index (χ0v) is 12.0. The van der Waals surface area contributed by atoms with Gasteiger partial charge in [0.25, 0.3) is 0 Å². The first-order valence-corrected chi connectivity index (χ1v) is 6.87. The molecule has 0 saturated carbocycles. The van der Waals surface area contributed by atoms with Crippen molar-refractivity contribution in [1.82, 2.24) is 5.32 Å². The lowest BCUT2D eigenvalue weighted by Gasteiger charge is -2.11. The van der Waals surface area contributed by atoms with Gasteiger partial charge < -0.3 is 10.4 Å². The van der Waals surface area contributed by atoms with E-state index in [0.29, 0.717) is 16.1 Å². The number of hydrogen-bond donors (Lipinski definition) is 2. The number of rotatable bonds is 5. The van der Waals surface area contributed by atoms with Crippen LogP contribution in [-0.2, 0) is 11.3 Å². The van der Waals surface area contributed by atoms with Gasteiger partial charge in [-0.05, 0) is 35.4 Å². The number of amides is 1. The lowest BCUT2D eigenvalue weighted by atomic mass is 10.1. The van der Waals surface area contributed by atoms with Gasteiger partial charge in [0, 0.05) is 11.6 Å². The SMILES string of the molecule is O=C(CC(O)c1ccc(Cl)cc1)NCc1cccc(F)c1. The predicted octanol–water partition coefficient (Wildman–Crippen LogP) is 3.22. The van der Waals surface area contributed by atoms with Crippen LogP contribution in [0.5, 0.6) is 0 Å². The first-order valence-electron chi connectivity index (χ1n) is 6.49. The summed E-state index contributed by atoms with van der Waals surface area (Å²) in [6.45, 7) is 0.226. The molecule has 2 N–H and O–H groups in total. The molecule has 1 atom stereocenters. The minimum atomic E-state index is -0.894. The Balaban J connectivity index is 1.85. The lowest BCUT2D eigenvalue weighted by Crippen LogP contribution is -2.24. The molecule has 0 bridgehead atoms. The highest BCUT2D eigenvalue weighted by atomic mass is 35.5. The van der Waals surface area contributed by atoms with Crippen molar-refractivity contribution in [2.45, 2.75) is 19.1 Å². The first-order chi connectivity index (χ1) is 10.0. The van der Waals surface area contributed by atoms with Crippen molar-refractivity contribution < 1.29 is 14.3 Å². The summed E-state index contributed by atoms with van der Waals surface area (Å²) in [7, 11) is 0. The van der Waals surface area contributed by atoms with E-state index in [4.69, 9.17) is 11.6 Å². The quantitative estimate of drug-likeness (QED) is 0.891. The fourth-order valence-electron chi connectivity index (χ4n) is 1.90. The molecule has 5 heteroatoms. The molecule has 1 amide bonds. The van der Waals surface area contributed by atoms with E-state index < -0.39 is 6.10 Å². The molecule has 0 aromatic heterocycles. The van der Waals surface area contributed by atoms with Gasteiger partial charge in [-0.15, -0.1) is 0 Å². The van der Waals surface area contributed by atoms with Gasteiger partial charge in [-0.3, -0.25) is 4.79 Å². The second kappa shape index (κ2) is 7.20. The van der Waals surface area contributed by atoms with Crippen molar-refractivity contribution >= 4 is 17.5 Å². The third kappa shape index (κ3) is 4.85. The summed E-state index contributed by atoms with van der Waals surface area (Å²) in [4.78, 5) is 11.8. The highest BCUT2D eigenvalue weighted by Crippen LogP contribution is 2.19. The van der Waals surface area contributed by atoms with Crippen LogP contribution in [0.3, 0.4) is 0 Å². The average molecular weight is 308 g/mol. The number of benzene rings is 2. The molecule has 110 valence electrons. The second-order valence-corrected chi connectivity index (χ2v) is 5.11. The third-order valence-electron chi connectivity index (χ3n) is 3.01. The minimum absolute atomic E-state index is 0.0586. The van der Waals surface area contributed by atoms with Gasteiger partial charge in [0.1, 0.15) is 5.82 Å². The van der Waals surface area contributed by atoms with Gasteiger partial charge in [-0.2, -0.15) is 0 Å². The van der Waals surface area contributed by atoms with Gasteiger partial charge >= 0.3 is 0 Å². The highest BCUT2D eigenvalue weighted by molar-refractivity contribution is 6.30. The molecule has 2 aromatic carbocycles. The van der Waals surface area contributed by atoms with E-state index in [1.54, 1.807) is 36.4 Å². The summed E-state index contributed by atoms with van der Waals surface area (Å²) < 4.78 is 13.0. The van der Waals surface area contributed by atoms with Crippen LogP contribution in [0.15, 0.2) is 48.5 Å². The number of hydrogen-bond acceptors (Lipinski definition) is 2. The second-order valence-electron chi connectivity index (χ2n) is 4.68. The number of halogens is 2. The van der Waals surface area contributed by atoms with E-state index in [1.165, 1.54) is 12.1 Å². The molecule has 0 aliphatic carbocycles. The fraction of sp³-hybridized carbons (Fsp3) is 0.188. The van der Waals surface area contributed by atoms with Crippen LogP contribution in [0.1, 0.15) is 23.7 Å². The summed E-state index contributed by atoms with van der Waals surface area (Å²) >= 11 is 5.76. The minimum Gasteiger partial charge on any atom is -0.388 e. The van der Waals surface area contributed by atoms with Crippen molar-refractivity contribution in [3.05, 3.63) is 70.5 Å². The monoisotopic (exact) mass is 307 g/mol.